The number of thiocarbonyl (C=S) groups is 1. The van der Waals surface area contributed by atoms with E-state index in [2.05, 4.69) is 12.2 Å². The molecule has 0 saturated carbocycles. The normalized spacial score (nSPS) is 25.3. The molecule has 0 spiro atoms. The monoisotopic (exact) mass is 880 g/mol. The summed E-state index contributed by atoms with van der Waals surface area (Å²) >= 11 is 5.70. The molecule has 336 valence electrons. The quantitative estimate of drug-likeness (QED) is 0.0848. The molecule has 62 heavy (non-hydrogen) atoms. The first kappa shape index (κ1) is 48.0. The van der Waals surface area contributed by atoms with Gasteiger partial charge in [-0.15, -0.1) is 0 Å². The molecule has 2 aliphatic rings. The molecule has 2 saturated heterocycles. The number of ether oxygens (including phenoxy) is 7. The summed E-state index contributed by atoms with van der Waals surface area (Å²) < 4.78 is 41.2. The molecule has 2 aliphatic heterocycles. The lowest BCUT2D eigenvalue weighted by atomic mass is 9.90. The highest BCUT2D eigenvalue weighted by Crippen LogP contribution is 2.42. The van der Waals surface area contributed by atoms with Crippen LogP contribution < -0.4 is 5.32 Å². The number of aliphatic hydroxyl groups is 2. The number of rotatable bonds is 17. The molecular weight excluding hydrogens is 825 g/mol. The summed E-state index contributed by atoms with van der Waals surface area (Å²) in [5, 5.41) is 33.7. The lowest BCUT2D eigenvalue weighted by Crippen LogP contribution is -2.62. The maximum absolute atomic E-state index is 12.3. The summed E-state index contributed by atoms with van der Waals surface area (Å²) in [7, 11) is 1.90. The highest BCUT2D eigenvalue weighted by Gasteiger charge is 2.52. The number of nitrogens with one attached hydrogen (secondary N) is 1. The van der Waals surface area contributed by atoms with Crippen LogP contribution >= 0.6 is 12.2 Å². The smallest absolute Gasteiger partial charge is 0.303 e. The maximum Gasteiger partial charge on any atom is 0.303 e. The van der Waals surface area contributed by atoms with E-state index in [1.54, 1.807) is 24.3 Å². The van der Waals surface area contributed by atoms with Crippen molar-refractivity contribution in [1.82, 2.24) is 10.2 Å². The molecule has 2 heterocycles. The minimum atomic E-state index is -1.29. The van der Waals surface area contributed by atoms with Crippen LogP contribution in [0.1, 0.15) is 87.4 Å². The largest absolute Gasteiger partial charge is 0.508 e. The molecule has 0 radical (unpaired) electrons. The van der Waals surface area contributed by atoms with Crippen molar-refractivity contribution in [3.8, 4) is 5.75 Å². The standard InChI is InChI=1S/C45H56N2O14S/c1-25-38(22-47(6)21-36(54)34-8-7-9-35(53)18-34)60-45(61-41(25)32-14-12-31(23-48)13-15-32)33-16-10-30(11-17-33)20-46-40(62)19-37-42(56-27(3)50)44(58-29(5)52)43(57-28(4)51)39(59-37)24-55-26(2)49/h7-18,25,36-39,41-45,48,53-54H,19-24H2,1-6H3,(H,46,62). The molecule has 0 aromatic heterocycles. The molecule has 10 atom stereocenters. The van der Waals surface area contributed by atoms with Gasteiger partial charge in [0.15, 0.2) is 24.6 Å². The van der Waals surface area contributed by atoms with Gasteiger partial charge in [0.1, 0.15) is 24.6 Å². The Balaban J connectivity index is 1.28. The van der Waals surface area contributed by atoms with Crippen molar-refractivity contribution >= 4 is 41.1 Å². The zero-order valence-corrected chi connectivity index (χ0v) is 36.4. The second-order valence-corrected chi connectivity index (χ2v) is 16.1. The lowest BCUT2D eigenvalue weighted by molar-refractivity contribution is -0.276. The summed E-state index contributed by atoms with van der Waals surface area (Å²) in [4.78, 5) is 50.6. The molecule has 0 bridgehead atoms. The third-order valence-electron chi connectivity index (χ3n) is 10.6. The number of benzene rings is 3. The number of phenolic OH excluding ortho intramolecular Hbond substituents is 1. The van der Waals surface area contributed by atoms with Gasteiger partial charge in [0.25, 0.3) is 0 Å². The van der Waals surface area contributed by atoms with Gasteiger partial charge in [-0.2, -0.15) is 0 Å². The lowest BCUT2D eigenvalue weighted by Gasteiger charge is -2.44. The van der Waals surface area contributed by atoms with Gasteiger partial charge in [0.2, 0.25) is 0 Å². The minimum Gasteiger partial charge on any atom is -0.508 e. The van der Waals surface area contributed by atoms with E-state index in [4.69, 9.17) is 45.4 Å². The molecule has 5 rings (SSSR count). The molecule has 2 fully saturated rings. The number of aliphatic hydroxyl groups excluding tert-OH is 2. The number of carbonyl (C=O) groups excluding carboxylic acids is 4. The van der Waals surface area contributed by atoms with Gasteiger partial charge < -0.3 is 58.7 Å². The Kier molecular flexibility index (Phi) is 17.3. The number of carbonyl (C=O) groups is 4. The van der Waals surface area contributed by atoms with Gasteiger partial charge in [-0.1, -0.05) is 79.8 Å². The second kappa shape index (κ2) is 22.4. The predicted molar refractivity (Wildman–Crippen MR) is 226 cm³/mol. The molecule has 3 aromatic carbocycles. The first-order valence-electron chi connectivity index (χ1n) is 20.3. The van der Waals surface area contributed by atoms with Gasteiger partial charge >= 0.3 is 23.9 Å². The van der Waals surface area contributed by atoms with Gasteiger partial charge in [0.05, 0.1) is 29.9 Å². The molecule has 0 amide bonds. The summed E-state index contributed by atoms with van der Waals surface area (Å²) in [5.41, 5.74) is 3.94. The average molecular weight is 881 g/mol. The van der Waals surface area contributed by atoms with E-state index < -0.39 is 66.8 Å². The van der Waals surface area contributed by atoms with Crippen LogP contribution in [0.5, 0.6) is 5.75 Å². The van der Waals surface area contributed by atoms with Crippen LogP contribution in [0.15, 0.2) is 72.8 Å². The van der Waals surface area contributed by atoms with Gasteiger partial charge in [0, 0.05) is 65.2 Å². The number of phenols is 1. The number of aromatic hydroxyl groups is 1. The predicted octanol–water partition coefficient (Wildman–Crippen LogP) is 4.27. The zero-order chi connectivity index (χ0) is 45.1. The molecule has 4 N–H and O–H groups in total. The van der Waals surface area contributed by atoms with E-state index >= 15 is 0 Å². The molecule has 0 aliphatic carbocycles. The Morgan fingerprint density at radius 1 is 0.774 bits per heavy atom. The van der Waals surface area contributed by atoms with Crippen LogP contribution in [-0.4, -0.2) is 112 Å². The van der Waals surface area contributed by atoms with E-state index in [-0.39, 0.29) is 43.5 Å². The van der Waals surface area contributed by atoms with Crippen LogP contribution in [0.2, 0.25) is 0 Å². The van der Waals surface area contributed by atoms with Gasteiger partial charge in [-0.25, -0.2) is 0 Å². The van der Waals surface area contributed by atoms with Crippen molar-refractivity contribution in [2.24, 2.45) is 5.92 Å². The fraction of sp³-hybridized carbons (Fsp3) is 0.489. The first-order valence-corrected chi connectivity index (χ1v) is 20.7. The molecule has 10 unspecified atom stereocenters. The van der Waals surface area contributed by atoms with Gasteiger partial charge in [-0.05, 0) is 41.4 Å². The van der Waals surface area contributed by atoms with Crippen molar-refractivity contribution in [2.75, 3.05) is 26.7 Å². The number of nitrogens with zero attached hydrogens (tertiary/aromatic N) is 1. The van der Waals surface area contributed by atoms with Crippen molar-refractivity contribution in [1.29, 1.82) is 0 Å². The van der Waals surface area contributed by atoms with E-state index in [1.807, 2.05) is 60.5 Å². The Bertz CT molecular complexity index is 2000. The summed E-state index contributed by atoms with van der Waals surface area (Å²) in [6.07, 6.45) is -8.10. The Hall–Kier alpha value is -5.01. The van der Waals surface area contributed by atoms with E-state index in [0.717, 1.165) is 36.1 Å². The first-order chi connectivity index (χ1) is 29.5. The highest BCUT2D eigenvalue weighted by atomic mass is 32.1. The van der Waals surface area contributed by atoms with Crippen LogP contribution in [0, 0.1) is 5.92 Å². The Morgan fingerprint density at radius 3 is 1.97 bits per heavy atom. The summed E-state index contributed by atoms with van der Waals surface area (Å²) in [6.45, 7) is 7.41. The highest BCUT2D eigenvalue weighted by molar-refractivity contribution is 7.80. The summed E-state index contributed by atoms with van der Waals surface area (Å²) in [6, 6.07) is 21.8. The molecule has 3 aromatic rings. The van der Waals surface area contributed by atoms with Crippen LogP contribution in [-0.2, 0) is 65.5 Å². The zero-order valence-electron chi connectivity index (χ0n) is 35.6. The van der Waals surface area contributed by atoms with Crippen molar-refractivity contribution < 1.29 is 67.7 Å². The fourth-order valence-electron chi connectivity index (χ4n) is 7.57. The third kappa shape index (κ3) is 13.5. The van der Waals surface area contributed by atoms with Crippen LogP contribution in [0.4, 0.5) is 0 Å². The van der Waals surface area contributed by atoms with Crippen molar-refractivity contribution in [3.05, 3.63) is 101 Å². The Labute approximate surface area is 366 Å². The number of esters is 4. The maximum atomic E-state index is 12.3. The number of likely N-dealkylation sites (N-methyl/N-ethyl adjacent to an activating group) is 1. The average Bonchev–Trinajstić information content (AvgIpc) is 3.22. The van der Waals surface area contributed by atoms with E-state index in [0.29, 0.717) is 30.2 Å². The van der Waals surface area contributed by atoms with Crippen molar-refractivity contribution in [3.63, 3.8) is 0 Å². The Morgan fingerprint density at radius 2 is 1.37 bits per heavy atom. The van der Waals surface area contributed by atoms with E-state index in [9.17, 15) is 34.5 Å². The SMILES string of the molecule is CC(=O)OCC1OC(CC(=S)NCc2ccc(C3OC(CN(C)CC(O)c4cccc(O)c4)C(C)C(c4ccc(CO)cc4)O3)cc2)C(OC(C)=O)C(OC(C)=O)C1OC(C)=O. The molecule has 16 nitrogen and oxygen atoms in total. The van der Waals surface area contributed by atoms with Gasteiger partial charge in [-0.3, -0.25) is 19.2 Å². The number of hydrogen-bond acceptors (Lipinski definition) is 16. The third-order valence-corrected chi connectivity index (χ3v) is 10.9. The van der Waals surface area contributed by atoms with E-state index in [1.165, 1.54) is 13.8 Å². The summed E-state index contributed by atoms with van der Waals surface area (Å²) in [5.74, 6) is -2.78. The topological polar surface area (TPSA) is 209 Å². The van der Waals surface area contributed by atoms with Crippen LogP contribution in [0.3, 0.4) is 0 Å². The van der Waals surface area contributed by atoms with Crippen LogP contribution in [0.25, 0.3) is 0 Å². The molecular formula is C45H56N2O14S. The minimum absolute atomic E-state index is 0.00418. The fourth-order valence-corrected chi connectivity index (χ4v) is 7.81. The van der Waals surface area contributed by atoms with Crippen molar-refractivity contribution in [2.45, 2.75) is 109 Å². The number of hydrogen-bond donors (Lipinski definition) is 4. The molecule has 17 heteroatoms. The second-order valence-electron chi connectivity index (χ2n) is 15.6.